The zero-order chi connectivity index (χ0) is 11.7. The van der Waals surface area contributed by atoms with Gasteiger partial charge in [0, 0.05) is 19.6 Å². The van der Waals surface area contributed by atoms with Crippen molar-refractivity contribution in [2.24, 2.45) is 0 Å². The molecule has 1 aliphatic heterocycles. The van der Waals surface area contributed by atoms with E-state index in [0.717, 1.165) is 0 Å². The second-order valence-corrected chi connectivity index (χ2v) is 4.42. The number of hydrogen-bond donors (Lipinski definition) is 2. The van der Waals surface area contributed by atoms with Gasteiger partial charge in [-0.1, -0.05) is 23.7 Å². The van der Waals surface area contributed by atoms with E-state index in [1.807, 2.05) is 4.90 Å². The molecule has 1 saturated heterocycles. The molecule has 1 aromatic rings. The Labute approximate surface area is 98.1 Å². The summed E-state index contributed by atoms with van der Waals surface area (Å²) in [5.74, 6) is -0.445. The molecule has 88 valence electrons. The smallest absolute Gasteiger partial charge is 0.142 e. The number of nitrogens with zero attached hydrogens (tertiary/aromatic N) is 1. The first-order valence-electron chi connectivity index (χ1n) is 5.09. The Kier molecular flexibility index (Phi) is 3.44. The average Bonchev–Trinajstić information content (AvgIpc) is 2.54. The number of aliphatic hydroxyl groups excluding tert-OH is 2. The van der Waals surface area contributed by atoms with Gasteiger partial charge in [-0.25, -0.2) is 4.39 Å². The molecule has 0 bridgehead atoms. The number of halogens is 2. The third-order valence-electron chi connectivity index (χ3n) is 2.76. The Bertz CT molecular complexity index is 378. The molecule has 1 fully saturated rings. The summed E-state index contributed by atoms with van der Waals surface area (Å²) in [5, 5.41) is 18.9. The van der Waals surface area contributed by atoms with Crippen LogP contribution in [-0.4, -0.2) is 40.4 Å². The number of rotatable bonds is 2. The van der Waals surface area contributed by atoms with Crippen molar-refractivity contribution in [3.8, 4) is 0 Å². The van der Waals surface area contributed by atoms with Crippen molar-refractivity contribution in [1.29, 1.82) is 0 Å². The summed E-state index contributed by atoms with van der Waals surface area (Å²) in [7, 11) is 0. The van der Waals surface area contributed by atoms with Gasteiger partial charge >= 0.3 is 0 Å². The number of β-amino-alcohol motifs (C(OH)–C–C–N with tert-alkyl or cyclic N) is 2. The van der Waals surface area contributed by atoms with Gasteiger partial charge in [0.15, 0.2) is 0 Å². The molecule has 2 unspecified atom stereocenters. The maximum atomic E-state index is 13.2. The molecule has 0 aliphatic carbocycles. The molecule has 1 aromatic carbocycles. The lowest BCUT2D eigenvalue weighted by molar-refractivity contribution is 0.0572. The van der Waals surface area contributed by atoms with Crippen molar-refractivity contribution in [2.75, 3.05) is 13.1 Å². The first kappa shape index (κ1) is 11.8. The van der Waals surface area contributed by atoms with Gasteiger partial charge in [0.25, 0.3) is 0 Å². The number of benzene rings is 1. The second-order valence-electron chi connectivity index (χ2n) is 4.04. The highest BCUT2D eigenvalue weighted by molar-refractivity contribution is 6.31. The third kappa shape index (κ3) is 2.35. The Morgan fingerprint density at radius 3 is 2.56 bits per heavy atom. The minimum Gasteiger partial charge on any atom is -0.389 e. The van der Waals surface area contributed by atoms with E-state index in [-0.39, 0.29) is 5.02 Å². The molecule has 5 heteroatoms. The summed E-state index contributed by atoms with van der Waals surface area (Å²) in [6, 6.07) is 4.64. The molecule has 0 amide bonds. The topological polar surface area (TPSA) is 43.7 Å². The van der Waals surface area contributed by atoms with E-state index in [0.29, 0.717) is 25.2 Å². The molecule has 2 rings (SSSR count). The van der Waals surface area contributed by atoms with E-state index in [2.05, 4.69) is 0 Å². The van der Waals surface area contributed by atoms with Gasteiger partial charge in [-0.2, -0.15) is 0 Å². The normalized spacial score (nSPS) is 26.2. The maximum Gasteiger partial charge on any atom is 0.142 e. The summed E-state index contributed by atoms with van der Waals surface area (Å²) >= 11 is 5.82. The summed E-state index contributed by atoms with van der Waals surface area (Å²) in [5.41, 5.74) is 0.669. The van der Waals surface area contributed by atoms with Crippen LogP contribution >= 0.6 is 11.6 Å². The van der Waals surface area contributed by atoms with Gasteiger partial charge < -0.3 is 10.2 Å². The standard InChI is InChI=1S/C11H13ClFNO2/c12-11-7(2-1-3-8(11)13)4-14-5-9(15)10(16)6-14/h1-3,9-10,15-16H,4-6H2. The molecule has 0 radical (unpaired) electrons. The van der Waals surface area contributed by atoms with Crippen LogP contribution in [0.15, 0.2) is 18.2 Å². The molecule has 0 saturated carbocycles. The molecule has 1 aliphatic rings. The Morgan fingerprint density at radius 1 is 1.31 bits per heavy atom. The van der Waals surface area contributed by atoms with Crippen molar-refractivity contribution in [2.45, 2.75) is 18.8 Å². The SMILES string of the molecule is OC1CN(Cc2cccc(F)c2Cl)CC1O. The highest BCUT2D eigenvalue weighted by Gasteiger charge is 2.29. The first-order chi connectivity index (χ1) is 7.58. The van der Waals surface area contributed by atoms with Crippen LogP contribution in [0.1, 0.15) is 5.56 Å². The van der Waals surface area contributed by atoms with Gasteiger partial charge in [0.1, 0.15) is 5.82 Å². The zero-order valence-electron chi connectivity index (χ0n) is 8.61. The molecule has 1 heterocycles. The van der Waals surface area contributed by atoms with Gasteiger partial charge in [0.2, 0.25) is 0 Å². The van der Waals surface area contributed by atoms with Gasteiger partial charge in [-0.3, -0.25) is 4.90 Å². The number of aliphatic hydroxyl groups is 2. The fourth-order valence-corrected chi connectivity index (χ4v) is 2.07. The van der Waals surface area contributed by atoms with Crippen LogP contribution in [0.4, 0.5) is 4.39 Å². The minimum atomic E-state index is -0.729. The predicted molar refractivity (Wildman–Crippen MR) is 58.7 cm³/mol. The molecule has 2 atom stereocenters. The maximum absolute atomic E-state index is 13.2. The van der Waals surface area contributed by atoms with Crippen molar-refractivity contribution < 1.29 is 14.6 Å². The van der Waals surface area contributed by atoms with Crippen LogP contribution in [0.3, 0.4) is 0 Å². The summed E-state index contributed by atoms with van der Waals surface area (Å²) < 4.78 is 13.2. The van der Waals surface area contributed by atoms with Gasteiger partial charge in [0.05, 0.1) is 17.2 Å². The number of likely N-dealkylation sites (tertiary alicyclic amines) is 1. The Morgan fingerprint density at radius 2 is 1.94 bits per heavy atom. The zero-order valence-corrected chi connectivity index (χ0v) is 9.36. The first-order valence-corrected chi connectivity index (χ1v) is 5.47. The highest BCUT2D eigenvalue weighted by Crippen LogP contribution is 2.22. The Hall–Kier alpha value is -0.680. The lowest BCUT2D eigenvalue weighted by Crippen LogP contribution is -2.22. The van der Waals surface area contributed by atoms with Crippen LogP contribution in [0.5, 0.6) is 0 Å². The van der Waals surface area contributed by atoms with E-state index >= 15 is 0 Å². The molecule has 2 N–H and O–H groups in total. The van der Waals surface area contributed by atoms with Crippen molar-refractivity contribution in [3.05, 3.63) is 34.6 Å². The fraction of sp³-hybridized carbons (Fsp3) is 0.455. The molecular weight excluding hydrogens is 233 g/mol. The highest BCUT2D eigenvalue weighted by atomic mass is 35.5. The predicted octanol–water partition coefficient (Wildman–Crippen LogP) is 1.02. The van der Waals surface area contributed by atoms with Crippen LogP contribution in [0.2, 0.25) is 5.02 Å². The summed E-state index contributed by atoms with van der Waals surface area (Å²) in [6.45, 7) is 1.20. The fourth-order valence-electron chi connectivity index (χ4n) is 1.89. The van der Waals surface area contributed by atoms with E-state index in [1.165, 1.54) is 6.07 Å². The van der Waals surface area contributed by atoms with E-state index in [1.54, 1.807) is 12.1 Å². The molecule has 16 heavy (non-hydrogen) atoms. The number of hydrogen-bond acceptors (Lipinski definition) is 3. The van der Waals surface area contributed by atoms with E-state index in [9.17, 15) is 14.6 Å². The van der Waals surface area contributed by atoms with E-state index in [4.69, 9.17) is 11.6 Å². The Balaban J connectivity index is 2.08. The van der Waals surface area contributed by atoms with E-state index < -0.39 is 18.0 Å². The third-order valence-corrected chi connectivity index (χ3v) is 3.18. The summed E-state index contributed by atoms with van der Waals surface area (Å²) in [4.78, 5) is 1.84. The minimum absolute atomic E-state index is 0.110. The van der Waals surface area contributed by atoms with Crippen LogP contribution < -0.4 is 0 Å². The molecule has 0 aromatic heterocycles. The van der Waals surface area contributed by atoms with Crippen molar-refractivity contribution >= 4 is 11.6 Å². The largest absolute Gasteiger partial charge is 0.389 e. The molecule has 0 spiro atoms. The lowest BCUT2D eigenvalue weighted by atomic mass is 10.2. The second kappa shape index (κ2) is 4.67. The van der Waals surface area contributed by atoms with Crippen LogP contribution in [0.25, 0.3) is 0 Å². The molecular formula is C11H13ClFNO2. The summed E-state index contributed by atoms with van der Waals surface area (Å²) in [6.07, 6.45) is -1.46. The average molecular weight is 246 g/mol. The molecule has 3 nitrogen and oxygen atoms in total. The quantitative estimate of drug-likeness (QED) is 0.818. The van der Waals surface area contributed by atoms with Gasteiger partial charge in [-0.15, -0.1) is 0 Å². The lowest BCUT2D eigenvalue weighted by Gasteiger charge is -2.15. The monoisotopic (exact) mass is 245 g/mol. The van der Waals surface area contributed by atoms with Gasteiger partial charge in [-0.05, 0) is 11.6 Å². The van der Waals surface area contributed by atoms with Crippen molar-refractivity contribution in [1.82, 2.24) is 4.90 Å². The van der Waals surface area contributed by atoms with Crippen LogP contribution in [-0.2, 0) is 6.54 Å². The van der Waals surface area contributed by atoms with Crippen molar-refractivity contribution in [3.63, 3.8) is 0 Å². The van der Waals surface area contributed by atoms with Crippen LogP contribution in [0, 0.1) is 5.82 Å².